The number of hydrogen-bond acceptors (Lipinski definition) is 3. The van der Waals surface area contributed by atoms with E-state index < -0.39 is 22.7 Å². The molecule has 5 nitrogen and oxygen atoms in total. The molecule has 0 radical (unpaired) electrons. The van der Waals surface area contributed by atoms with E-state index in [1.54, 1.807) is 0 Å². The molecular weight excluding hydrogens is 371 g/mol. The fourth-order valence-corrected chi connectivity index (χ4v) is 3.14. The zero-order valence-corrected chi connectivity index (χ0v) is 14.3. The number of carbonyl (C=O) groups excluding carboxylic acids is 1. The zero-order valence-electron chi connectivity index (χ0n) is 13.6. The maximum Gasteiger partial charge on any atom is 0.417 e. The van der Waals surface area contributed by atoms with Gasteiger partial charge >= 0.3 is 6.18 Å². The first kappa shape index (κ1) is 18.4. The van der Waals surface area contributed by atoms with Crippen molar-refractivity contribution < 1.29 is 18.0 Å². The number of aryl methyl sites for hydroxylation is 1. The van der Waals surface area contributed by atoms with Crippen molar-refractivity contribution in [1.29, 1.82) is 0 Å². The summed E-state index contributed by atoms with van der Waals surface area (Å²) in [7, 11) is 0. The maximum atomic E-state index is 12.9. The lowest BCUT2D eigenvalue weighted by Crippen LogP contribution is -2.32. The molecule has 0 saturated carbocycles. The molecule has 1 aromatic carbocycles. The molecule has 3 rings (SSSR count). The number of nitrogens with zero attached hydrogens (tertiary/aromatic N) is 2. The second-order valence-corrected chi connectivity index (χ2v) is 6.46. The average molecular weight is 386 g/mol. The third kappa shape index (κ3) is 3.90. The Morgan fingerprint density at radius 1 is 1.27 bits per heavy atom. The lowest BCUT2D eigenvalue weighted by atomic mass is 9.97. The first-order chi connectivity index (χ1) is 12.3. The van der Waals surface area contributed by atoms with Crippen LogP contribution in [0.4, 0.5) is 18.9 Å². The van der Waals surface area contributed by atoms with Gasteiger partial charge in [0.1, 0.15) is 6.54 Å². The van der Waals surface area contributed by atoms with Gasteiger partial charge in [0.2, 0.25) is 5.91 Å². The van der Waals surface area contributed by atoms with Crippen molar-refractivity contribution in [2.75, 3.05) is 5.32 Å². The number of hydrogen-bond donors (Lipinski definition) is 1. The molecule has 0 bridgehead atoms. The Morgan fingerprint density at radius 3 is 2.73 bits per heavy atom. The summed E-state index contributed by atoms with van der Waals surface area (Å²) in [4.78, 5) is 28.8. The van der Waals surface area contributed by atoms with Crippen molar-refractivity contribution in [3.63, 3.8) is 0 Å². The van der Waals surface area contributed by atoms with Crippen LogP contribution in [0.5, 0.6) is 0 Å². The van der Waals surface area contributed by atoms with Crippen LogP contribution in [0.25, 0.3) is 0 Å². The molecule has 0 fully saturated rings. The summed E-state index contributed by atoms with van der Waals surface area (Å²) in [6, 6.07) is 3.09. The van der Waals surface area contributed by atoms with Crippen molar-refractivity contribution in [3.8, 4) is 0 Å². The van der Waals surface area contributed by atoms with Crippen LogP contribution >= 0.6 is 11.6 Å². The maximum absolute atomic E-state index is 12.9. The number of alkyl halides is 3. The largest absolute Gasteiger partial charge is 0.417 e. The molecular formula is C17H15ClF3N3O2. The molecule has 1 aliphatic carbocycles. The number of amides is 1. The fourth-order valence-electron chi connectivity index (χ4n) is 2.92. The molecule has 1 heterocycles. The van der Waals surface area contributed by atoms with Gasteiger partial charge in [0, 0.05) is 11.3 Å². The molecule has 0 aliphatic heterocycles. The average Bonchev–Trinajstić information content (AvgIpc) is 2.58. The Kier molecular flexibility index (Phi) is 5.04. The Labute approximate surface area is 151 Å². The molecule has 1 N–H and O–H groups in total. The normalized spacial score (nSPS) is 14.0. The third-order valence-electron chi connectivity index (χ3n) is 4.18. The number of halogens is 4. The van der Waals surface area contributed by atoms with Gasteiger partial charge < -0.3 is 5.32 Å². The summed E-state index contributed by atoms with van der Waals surface area (Å²) in [6.45, 7) is -0.330. The minimum atomic E-state index is -4.63. The zero-order chi connectivity index (χ0) is 18.9. The summed E-state index contributed by atoms with van der Waals surface area (Å²) >= 11 is 5.55. The summed E-state index contributed by atoms with van der Waals surface area (Å²) < 4.78 is 39.8. The second kappa shape index (κ2) is 7.11. The highest BCUT2D eigenvalue weighted by molar-refractivity contribution is 6.31. The molecule has 0 spiro atoms. The SMILES string of the molecule is O=C(Cn1cnc2c(c1=O)CCCC2)Nc1ccc(Cl)c(C(F)(F)F)c1. The molecule has 1 amide bonds. The number of benzene rings is 1. The molecule has 9 heteroatoms. The highest BCUT2D eigenvalue weighted by atomic mass is 35.5. The number of aromatic nitrogens is 2. The van der Waals surface area contributed by atoms with Crippen LogP contribution in [0, 0.1) is 0 Å². The lowest BCUT2D eigenvalue weighted by molar-refractivity contribution is -0.137. The number of rotatable bonds is 3. The topological polar surface area (TPSA) is 64.0 Å². The molecule has 1 aromatic heterocycles. The van der Waals surface area contributed by atoms with Crippen LogP contribution in [0.1, 0.15) is 29.7 Å². The van der Waals surface area contributed by atoms with Gasteiger partial charge in [0.25, 0.3) is 5.56 Å². The number of fused-ring (bicyclic) bond motifs is 1. The van der Waals surface area contributed by atoms with E-state index in [0.717, 1.165) is 37.1 Å². The highest BCUT2D eigenvalue weighted by Gasteiger charge is 2.33. The van der Waals surface area contributed by atoms with Crippen LogP contribution in [0.15, 0.2) is 29.3 Å². The standard InChI is InChI=1S/C17H15ClF3N3O2/c18-13-6-5-10(7-12(13)17(19,20)21)23-15(25)8-24-9-22-14-4-2-1-3-11(14)16(24)26/h5-7,9H,1-4,8H2,(H,23,25). The highest BCUT2D eigenvalue weighted by Crippen LogP contribution is 2.36. The Balaban J connectivity index is 1.77. The van der Waals surface area contributed by atoms with E-state index in [-0.39, 0.29) is 17.8 Å². The summed E-state index contributed by atoms with van der Waals surface area (Å²) in [5.74, 6) is -0.625. The summed E-state index contributed by atoms with van der Waals surface area (Å²) in [6.07, 6.45) is -0.0994. The number of nitrogens with one attached hydrogen (secondary N) is 1. The van der Waals surface area contributed by atoms with Gasteiger partial charge in [-0.05, 0) is 43.9 Å². The fraction of sp³-hybridized carbons (Fsp3) is 0.353. The first-order valence-electron chi connectivity index (χ1n) is 7.99. The van der Waals surface area contributed by atoms with Crippen LogP contribution in [0.2, 0.25) is 5.02 Å². The Morgan fingerprint density at radius 2 is 2.00 bits per heavy atom. The van der Waals surface area contributed by atoms with Crippen molar-refractivity contribution in [2.45, 2.75) is 38.4 Å². The van der Waals surface area contributed by atoms with E-state index in [4.69, 9.17) is 11.6 Å². The smallest absolute Gasteiger partial charge is 0.325 e. The summed E-state index contributed by atoms with van der Waals surface area (Å²) in [5.41, 5.74) is -0.00459. The van der Waals surface area contributed by atoms with Crippen LogP contribution in [0.3, 0.4) is 0 Å². The quantitative estimate of drug-likeness (QED) is 0.880. The second-order valence-electron chi connectivity index (χ2n) is 6.05. The van der Waals surface area contributed by atoms with Crippen molar-refractivity contribution in [1.82, 2.24) is 9.55 Å². The lowest BCUT2D eigenvalue weighted by Gasteiger charge is -2.16. The van der Waals surface area contributed by atoms with E-state index in [9.17, 15) is 22.8 Å². The molecule has 0 saturated heterocycles. The van der Waals surface area contributed by atoms with E-state index in [0.29, 0.717) is 12.0 Å². The van der Waals surface area contributed by atoms with Gasteiger partial charge in [-0.25, -0.2) is 4.98 Å². The van der Waals surface area contributed by atoms with Gasteiger partial charge in [-0.1, -0.05) is 11.6 Å². The van der Waals surface area contributed by atoms with E-state index in [1.165, 1.54) is 17.0 Å². The molecule has 1 aliphatic rings. The van der Waals surface area contributed by atoms with Gasteiger partial charge in [0.15, 0.2) is 0 Å². The predicted molar refractivity (Wildman–Crippen MR) is 90.2 cm³/mol. The third-order valence-corrected chi connectivity index (χ3v) is 4.51. The predicted octanol–water partition coefficient (Wildman–Crippen LogP) is 3.43. The molecule has 0 atom stereocenters. The van der Waals surface area contributed by atoms with Crippen molar-refractivity contribution >= 4 is 23.2 Å². The van der Waals surface area contributed by atoms with E-state index >= 15 is 0 Å². The molecule has 0 unspecified atom stereocenters. The minimum absolute atomic E-state index is 0.0503. The molecule has 138 valence electrons. The minimum Gasteiger partial charge on any atom is -0.325 e. The van der Waals surface area contributed by atoms with Crippen LogP contribution < -0.4 is 10.9 Å². The summed E-state index contributed by atoms with van der Waals surface area (Å²) in [5, 5.41) is 1.90. The number of carbonyl (C=O) groups is 1. The number of anilines is 1. The van der Waals surface area contributed by atoms with Gasteiger partial charge in [-0.3, -0.25) is 14.2 Å². The monoisotopic (exact) mass is 385 g/mol. The Hall–Kier alpha value is -2.35. The van der Waals surface area contributed by atoms with E-state index in [2.05, 4.69) is 10.3 Å². The van der Waals surface area contributed by atoms with Crippen LogP contribution in [-0.4, -0.2) is 15.5 Å². The van der Waals surface area contributed by atoms with E-state index in [1.807, 2.05) is 0 Å². The van der Waals surface area contributed by atoms with Gasteiger partial charge in [-0.15, -0.1) is 0 Å². The Bertz CT molecular complexity index is 909. The first-order valence-corrected chi connectivity index (χ1v) is 8.37. The molecule has 2 aromatic rings. The van der Waals surface area contributed by atoms with Crippen molar-refractivity contribution in [2.24, 2.45) is 0 Å². The van der Waals surface area contributed by atoms with Crippen molar-refractivity contribution in [3.05, 3.63) is 56.7 Å². The van der Waals surface area contributed by atoms with Gasteiger partial charge in [-0.2, -0.15) is 13.2 Å². The van der Waals surface area contributed by atoms with Gasteiger partial charge in [0.05, 0.1) is 22.6 Å². The molecule has 26 heavy (non-hydrogen) atoms. The van der Waals surface area contributed by atoms with Crippen LogP contribution in [-0.2, 0) is 30.4 Å².